The van der Waals surface area contributed by atoms with Crippen LogP contribution in [0.1, 0.15) is 35.6 Å². The molecule has 0 radical (unpaired) electrons. The molecule has 1 fully saturated rings. The standard InChI is InChI=1S/C27H26FN5/c1-33-12-9-20(10-13-33)26-15-24-22(8-11-30-27(24)32-26)23-14-21(6-7-25(23)28)31-17-19-4-2-18(16-29)3-5-19/h2-8,11,14-15,20,31H,9-10,12-13,17H2,1H3,(H,30,32). The lowest BCUT2D eigenvalue weighted by molar-refractivity contribution is 0.254. The first-order valence-electron chi connectivity index (χ1n) is 11.3. The maximum absolute atomic E-state index is 14.9. The zero-order valence-corrected chi connectivity index (χ0v) is 18.6. The first-order chi connectivity index (χ1) is 16.1. The lowest BCUT2D eigenvalue weighted by Gasteiger charge is -2.28. The molecule has 5 nitrogen and oxygen atoms in total. The Balaban J connectivity index is 1.42. The largest absolute Gasteiger partial charge is 0.381 e. The van der Waals surface area contributed by atoms with Crippen LogP contribution in [0.3, 0.4) is 0 Å². The van der Waals surface area contributed by atoms with Crippen molar-refractivity contribution in [3.63, 3.8) is 0 Å². The molecule has 0 bridgehead atoms. The van der Waals surface area contributed by atoms with E-state index in [1.807, 2.05) is 24.3 Å². The van der Waals surface area contributed by atoms with E-state index in [1.54, 1.807) is 24.4 Å². The molecule has 4 aromatic rings. The number of nitriles is 1. The van der Waals surface area contributed by atoms with E-state index in [-0.39, 0.29) is 5.82 Å². The summed E-state index contributed by atoms with van der Waals surface area (Å²) >= 11 is 0. The molecule has 166 valence electrons. The Kier molecular flexibility index (Phi) is 5.80. The fraction of sp³-hybridized carbons (Fsp3) is 0.259. The highest BCUT2D eigenvalue weighted by Gasteiger charge is 2.21. The normalized spacial score (nSPS) is 14.9. The number of nitrogens with one attached hydrogen (secondary N) is 2. The van der Waals surface area contributed by atoms with E-state index in [0.29, 0.717) is 23.6 Å². The zero-order valence-electron chi connectivity index (χ0n) is 18.6. The van der Waals surface area contributed by atoms with Crippen molar-refractivity contribution < 1.29 is 4.39 Å². The third kappa shape index (κ3) is 4.46. The summed E-state index contributed by atoms with van der Waals surface area (Å²) in [5.41, 5.74) is 5.92. The van der Waals surface area contributed by atoms with E-state index >= 15 is 0 Å². The second-order valence-electron chi connectivity index (χ2n) is 8.78. The van der Waals surface area contributed by atoms with Crippen molar-refractivity contribution >= 4 is 16.7 Å². The minimum atomic E-state index is -0.256. The third-order valence-electron chi connectivity index (χ3n) is 6.55. The van der Waals surface area contributed by atoms with Crippen LogP contribution in [0.2, 0.25) is 0 Å². The third-order valence-corrected chi connectivity index (χ3v) is 6.55. The summed E-state index contributed by atoms with van der Waals surface area (Å²) in [5.74, 6) is 0.224. The summed E-state index contributed by atoms with van der Waals surface area (Å²) in [6.45, 7) is 2.76. The smallest absolute Gasteiger partial charge is 0.138 e. The number of piperidine rings is 1. The molecule has 0 atom stereocenters. The summed E-state index contributed by atoms with van der Waals surface area (Å²) in [6.07, 6.45) is 3.96. The molecule has 1 aliphatic heterocycles. The van der Waals surface area contributed by atoms with E-state index in [4.69, 9.17) is 5.26 Å². The van der Waals surface area contributed by atoms with E-state index in [1.165, 1.54) is 11.8 Å². The number of rotatable bonds is 5. The van der Waals surface area contributed by atoms with Gasteiger partial charge in [0.15, 0.2) is 0 Å². The lowest BCUT2D eigenvalue weighted by Crippen LogP contribution is -2.29. The summed E-state index contributed by atoms with van der Waals surface area (Å²) in [4.78, 5) is 10.4. The molecule has 1 aliphatic rings. The molecule has 0 saturated carbocycles. The number of fused-ring (bicyclic) bond motifs is 1. The fourth-order valence-electron chi connectivity index (χ4n) is 4.56. The minimum Gasteiger partial charge on any atom is -0.381 e. The molecular formula is C27H26FN5. The van der Waals surface area contributed by atoms with Gasteiger partial charge in [0.2, 0.25) is 0 Å². The van der Waals surface area contributed by atoms with Crippen LogP contribution in [-0.4, -0.2) is 35.0 Å². The topological polar surface area (TPSA) is 67.7 Å². The monoisotopic (exact) mass is 439 g/mol. The van der Waals surface area contributed by atoms with Crippen LogP contribution in [0, 0.1) is 17.1 Å². The molecule has 0 unspecified atom stereocenters. The van der Waals surface area contributed by atoms with Gasteiger partial charge in [0, 0.05) is 41.0 Å². The highest BCUT2D eigenvalue weighted by Crippen LogP contribution is 2.35. The van der Waals surface area contributed by atoms with Gasteiger partial charge in [-0.3, -0.25) is 0 Å². The van der Waals surface area contributed by atoms with Gasteiger partial charge in [-0.25, -0.2) is 9.37 Å². The number of hydrogen-bond donors (Lipinski definition) is 2. The van der Waals surface area contributed by atoms with E-state index in [0.717, 1.165) is 53.8 Å². The van der Waals surface area contributed by atoms with Crippen LogP contribution in [0.25, 0.3) is 22.2 Å². The van der Waals surface area contributed by atoms with Crippen LogP contribution in [-0.2, 0) is 6.54 Å². The maximum atomic E-state index is 14.9. The molecule has 1 saturated heterocycles. The van der Waals surface area contributed by atoms with Crippen molar-refractivity contribution in [2.75, 3.05) is 25.5 Å². The van der Waals surface area contributed by atoms with Crippen LogP contribution in [0.4, 0.5) is 10.1 Å². The summed E-state index contributed by atoms with van der Waals surface area (Å²) < 4.78 is 14.9. The average Bonchev–Trinajstić information content (AvgIpc) is 3.29. The molecule has 0 aliphatic carbocycles. The molecule has 5 rings (SSSR count). The summed E-state index contributed by atoms with van der Waals surface area (Å²) in [7, 11) is 2.16. The predicted molar refractivity (Wildman–Crippen MR) is 129 cm³/mol. The molecule has 2 N–H and O–H groups in total. The Labute approximate surface area is 192 Å². The second kappa shape index (κ2) is 9.05. The minimum absolute atomic E-state index is 0.256. The van der Waals surface area contributed by atoms with Gasteiger partial charge in [0.05, 0.1) is 11.6 Å². The van der Waals surface area contributed by atoms with Gasteiger partial charge in [-0.15, -0.1) is 0 Å². The second-order valence-corrected chi connectivity index (χ2v) is 8.78. The quantitative estimate of drug-likeness (QED) is 0.421. The summed E-state index contributed by atoms with van der Waals surface area (Å²) in [6, 6.07) is 18.7. The van der Waals surface area contributed by atoms with Crippen molar-refractivity contribution in [1.82, 2.24) is 14.9 Å². The number of benzene rings is 2. The van der Waals surface area contributed by atoms with E-state index in [2.05, 4.69) is 39.4 Å². The molecular weight excluding hydrogens is 413 g/mol. The highest BCUT2D eigenvalue weighted by molar-refractivity contribution is 5.94. The van der Waals surface area contributed by atoms with Crippen LogP contribution in [0.15, 0.2) is 60.8 Å². The Morgan fingerprint density at radius 2 is 1.88 bits per heavy atom. The first kappa shape index (κ1) is 21.2. The number of likely N-dealkylation sites (tertiary alicyclic amines) is 1. The molecule has 6 heteroatoms. The number of pyridine rings is 1. The Morgan fingerprint density at radius 1 is 1.09 bits per heavy atom. The predicted octanol–water partition coefficient (Wildman–Crippen LogP) is 5.66. The SMILES string of the molecule is CN1CCC(c2cc3c(-c4cc(NCc5ccc(C#N)cc5)ccc4F)ccnc3[nH]2)CC1. The van der Waals surface area contributed by atoms with Gasteiger partial charge < -0.3 is 15.2 Å². The number of aromatic nitrogens is 2. The van der Waals surface area contributed by atoms with Crippen LogP contribution >= 0.6 is 0 Å². The van der Waals surface area contributed by atoms with Crippen molar-refractivity contribution in [1.29, 1.82) is 5.26 Å². The van der Waals surface area contributed by atoms with E-state index in [9.17, 15) is 4.39 Å². The molecule has 33 heavy (non-hydrogen) atoms. The lowest BCUT2D eigenvalue weighted by atomic mass is 9.93. The highest BCUT2D eigenvalue weighted by atomic mass is 19.1. The zero-order chi connectivity index (χ0) is 22.8. The van der Waals surface area contributed by atoms with Gasteiger partial charge in [0.25, 0.3) is 0 Å². The molecule has 0 amide bonds. The van der Waals surface area contributed by atoms with Gasteiger partial charge in [-0.2, -0.15) is 5.26 Å². The Bertz CT molecular complexity index is 1310. The van der Waals surface area contributed by atoms with Crippen LogP contribution < -0.4 is 5.32 Å². The Hall–Kier alpha value is -3.69. The number of nitrogens with zero attached hydrogens (tertiary/aromatic N) is 3. The van der Waals surface area contributed by atoms with Gasteiger partial charge in [0.1, 0.15) is 11.5 Å². The Morgan fingerprint density at radius 3 is 2.64 bits per heavy atom. The number of halogens is 1. The van der Waals surface area contributed by atoms with Crippen LogP contribution in [0.5, 0.6) is 0 Å². The fourth-order valence-corrected chi connectivity index (χ4v) is 4.56. The molecule has 2 aromatic heterocycles. The summed E-state index contributed by atoms with van der Waals surface area (Å²) in [5, 5.41) is 13.3. The van der Waals surface area contributed by atoms with Crippen molar-refractivity contribution in [3.8, 4) is 17.2 Å². The van der Waals surface area contributed by atoms with Gasteiger partial charge >= 0.3 is 0 Å². The number of anilines is 1. The number of H-pyrrole nitrogens is 1. The maximum Gasteiger partial charge on any atom is 0.138 e. The molecule has 3 heterocycles. The average molecular weight is 440 g/mol. The van der Waals surface area contributed by atoms with Crippen molar-refractivity contribution in [2.24, 2.45) is 0 Å². The van der Waals surface area contributed by atoms with E-state index < -0.39 is 0 Å². The van der Waals surface area contributed by atoms with Gasteiger partial charge in [-0.1, -0.05) is 12.1 Å². The van der Waals surface area contributed by atoms with Crippen molar-refractivity contribution in [2.45, 2.75) is 25.3 Å². The van der Waals surface area contributed by atoms with Gasteiger partial charge in [-0.05, 0) is 86.6 Å². The molecule has 0 spiro atoms. The number of hydrogen-bond acceptors (Lipinski definition) is 4. The molecule has 2 aromatic carbocycles. The van der Waals surface area contributed by atoms with Crippen molar-refractivity contribution in [3.05, 3.63) is 83.4 Å². The number of aromatic amines is 1. The first-order valence-corrected chi connectivity index (χ1v) is 11.3.